The van der Waals surface area contributed by atoms with Crippen molar-refractivity contribution in [1.29, 1.82) is 0 Å². The van der Waals surface area contributed by atoms with Crippen molar-refractivity contribution in [3.8, 4) is 5.75 Å². The molecule has 2 rings (SSSR count). The fourth-order valence-electron chi connectivity index (χ4n) is 1.18. The van der Waals surface area contributed by atoms with E-state index in [4.69, 9.17) is 0 Å². The summed E-state index contributed by atoms with van der Waals surface area (Å²) in [6, 6.07) is 3.30. The van der Waals surface area contributed by atoms with Crippen molar-refractivity contribution < 1.29 is 5.11 Å². The molecule has 0 aliphatic carbocycles. The molecule has 0 unspecified atom stereocenters. The Balaban J connectivity index is 2.90. The number of rotatable bonds is 0. The number of aryl methyl sites for hydroxylation is 1. The van der Waals surface area contributed by atoms with Crippen molar-refractivity contribution >= 4 is 21.4 Å². The average Bonchev–Trinajstić information content (AvgIpc) is 2.28. The van der Waals surface area contributed by atoms with Crippen LogP contribution in [0.2, 0.25) is 0 Å². The lowest BCUT2D eigenvalue weighted by Crippen LogP contribution is -1.85. The molecule has 0 saturated carbocycles. The van der Waals surface area contributed by atoms with Crippen molar-refractivity contribution in [2.24, 2.45) is 0 Å². The lowest BCUT2D eigenvalue weighted by atomic mass is 10.4. The van der Waals surface area contributed by atoms with E-state index in [-0.39, 0.29) is 5.75 Å². The van der Waals surface area contributed by atoms with E-state index in [1.807, 2.05) is 11.3 Å². The molecule has 1 N–H and O–H groups in total. The number of aromatic nitrogens is 2. The minimum absolute atomic E-state index is 0.253. The van der Waals surface area contributed by atoms with Gasteiger partial charge < -0.3 is 9.51 Å². The lowest BCUT2D eigenvalue weighted by molar-refractivity contribution is 0.475. The zero-order chi connectivity index (χ0) is 8.72. The molecule has 12 heavy (non-hydrogen) atoms. The third-order valence-electron chi connectivity index (χ3n) is 1.76. The fourth-order valence-corrected chi connectivity index (χ4v) is 1.75. The zero-order valence-corrected chi connectivity index (χ0v) is 8.04. The standard InChI is InChI=1S/C8H7BrN2O/c1-5-10-8(9)7-4-6(12)2-3-11(5)7/h2-4,12H,1H3. The molecule has 0 atom stereocenters. The molecule has 0 fully saturated rings. The Kier molecular flexibility index (Phi) is 1.58. The highest BCUT2D eigenvalue weighted by atomic mass is 79.9. The summed E-state index contributed by atoms with van der Waals surface area (Å²) >= 11 is 3.31. The smallest absolute Gasteiger partial charge is 0.132 e. The van der Waals surface area contributed by atoms with Crippen LogP contribution in [0.5, 0.6) is 5.75 Å². The molecule has 0 aromatic carbocycles. The second kappa shape index (κ2) is 2.48. The van der Waals surface area contributed by atoms with Gasteiger partial charge in [0.1, 0.15) is 16.2 Å². The van der Waals surface area contributed by atoms with E-state index in [0.29, 0.717) is 0 Å². The van der Waals surface area contributed by atoms with Gasteiger partial charge in [-0.25, -0.2) is 4.98 Å². The summed E-state index contributed by atoms with van der Waals surface area (Å²) in [6.45, 7) is 1.91. The molecule has 3 nitrogen and oxygen atoms in total. The van der Waals surface area contributed by atoms with Gasteiger partial charge in [-0.15, -0.1) is 0 Å². The van der Waals surface area contributed by atoms with Gasteiger partial charge in [-0.2, -0.15) is 0 Å². The Hall–Kier alpha value is -1.03. The van der Waals surface area contributed by atoms with Crippen molar-refractivity contribution in [2.45, 2.75) is 6.92 Å². The molecule has 0 radical (unpaired) electrons. The highest BCUT2D eigenvalue weighted by Gasteiger charge is 2.04. The van der Waals surface area contributed by atoms with Crippen molar-refractivity contribution in [3.63, 3.8) is 0 Å². The minimum Gasteiger partial charge on any atom is -0.508 e. The number of pyridine rings is 1. The number of hydrogen-bond acceptors (Lipinski definition) is 2. The first-order valence-corrected chi connectivity index (χ1v) is 4.31. The van der Waals surface area contributed by atoms with Gasteiger partial charge in [-0.1, -0.05) is 0 Å². The maximum Gasteiger partial charge on any atom is 0.132 e. The number of aromatic hydroxyl groups is 1. The van der Waals surface area contributed by atoms with Crippen molar-refractivity contribution in [2.75, 3.05) is 0 Å². The SMILES string of the molecule is Cc1nc(Br)c2cc(O)ccn12. The van der Waals surface area contributed by atoms with Gasteiger partial charge in [-0.3, -0.25) is 0 Å². The summed E-state index contributed by atoms with van der Waals surface area (Å²) in [5.41, 5.74) is 0.882. The zero-order valence-electron chi connectivity index (χ0n) is 6.45. The Morgan fingerprint density at radius 1 is 1.58 bits per heavy atom. The maximum absolute atomic E-state index is 9.20. The van der Waals surface area contributed by atoms with E-state index in [9.17, 15) is 5.11 Å². The number of imidazole rings is 1. The predicted octanol–water partition coefficient (Wildman–Crippen LogP) is 2.11. The van der Waals surface area contributed by atoms with Crippen LogP contribution < -0.4 is 0 Å². The third-order valence-corrected chi connectivity index (χ3v) is 2.34. The first kappa shape index (κ1) is 7.61. The number of fused-ring (bicyclic) bond motifs is 1. The molecule has 2 aromatic rings. The van der Waals surface area contributed by atoms with Gasteiger partial charge in [-0.05, 0) is 28.9 Å². The summed E-state index contributed by atoms with van der Waals surface area (Å²) in [7, 11) is 0. The second-order valence-electron chi connectivity index (χ2n) is 2.59. The lowest BCUT2D eigenvalue weighted by Gasteiger charge is -1.95. The molecule has 0 amide bonds. The van der Waals surface area contributed by atoms with E-state index < -0.39 is 0 Å². The van der Waals surface area contributed by atoms with Gasteiger partial charge in [0.15, 0.2) is 0 Å². The Morgan fingerprint density at radius 3 is 3.08 bits per heavy atom. The molecule has 2 heterocycles. The van der Waals surface area contributed by atoms with Crippen LogP contribution in [0.3, 0.4) is 0 Å². The van der Waals surface area contributed by atoms with Gasteiger partial charge in [0.25, 0.3) is 0 Å². The molecule has 0 saturated heterocycles. The summed E-state index contributed by atoms with van der Waals surface area (Å²) in [6.07, 6.45) is 1.79. The van der Waals surface area contributed by atoms with E-state index >= 15 is 0 Å². The average molecular weight is 227 g/mol. The Labute approximate surface area is 77.8 Å². The van der Waals surface area contributed by atoms with Crippen LogP contribution in [0.25, 0.3) is 5.52 Å². The maximum atomic E-state index is 9.20. The van der Waals surface area contributed by atoms with E-state index in [0.717, 1.165) is 15.9 Å². The monoisotopic (exact) mass is 226 g/mol. The van der Waals surface area contributed by atoms with Crippen LogP contribution >= 0.6 is 15.9 Å². The largest absolute Gasteiger partial charge is 0.508 e. The summed E-state index contributed by atoms with van der Waals surface area (Å²) in [4.78, 5) is 4.20. The van der Waals surface area contributed by atoms with Crippen LogP contribution in [0.4, 0.5) is 0 Å². The van der Waals surface area contributed by atoms with E-state index in [1.54, 1.807) is 18.3 Å². The van der Waals surface area contributed by atoms with Crippen LogP contribution in [0.1, 0.15) is 5.82 Å². The molecule has 62 valence electrons. The van der Waals surface area contributed by atoms with Crippen LogP contribution in [0, 0.1) is 6.92 Å². The highest BCUT2D eigenvalue weighted by Crippen LogP contribution is 2.21. The van der Waals surface area contributed by atoms with Gasteiger partial charge >= 0.3 is 0 Å². The third kappa shape index (κ3) is 0.992. The van der Waals surface area contributed by atoms with Crippen molar-refractivity contribution in [3.05, 3.63) is 28.8 Å². The van der Waals surface area contributed by atoms with Gasteiger partial charge in [0, 0.05) is 12.3 Å². The minimum atomic E-state index is 0.253. The Morgan fingerprint density at radius 2 is 2.33 bits per heavy atom. The number of hydrogen-bond donors (Lipinski definition) is 1. The summed E-state index contributed by atoms with van der Waals surface area (Å²) < 4.78 is 2.67. The molecule has 0 spiro atoms. The van der Waals surface area contributed by atoms with Crippen molar-refractivity contribution in [1.82, 2.24) is 9.38 Å². The molecule has 0 aliphatic rings. The molecule has 0 bridgehead atoms. The summed E-state index contributed by atoms with van der Waals surface area (Å²) in [5, 5.41) is 9.20. The molecule has 2 aromatic heterocycles. The van der Waals surface area contributed by atoms with Crippen LogP contribution in [0.15, 0.2) is 22.9 Å². The Bertz CT molecular complexity index is 436. The fraction of sp³-hybridized carbons (Fsp3) is 0.125. The predicted molar refractivity (Wildman–Crippen MR) is 49.3 cm³/mol. The number of nitrogens with zero attached hydrogens (tertiary/aromatic N) is 2. The van der Waals surface area contributed by atoms with E-state index in [2.05, 4.69) is 20.9 Å². The molecule has 4 heteroatoms. The van der Waals surface area contributed by atoms with Crippen LogP contribution in [-0.2, 0) is 0 Å². The topological polar surface area (TPSA) is 37.5 Å². The second-order valence-corrected chi connectivity index (χ2v) is 3.34. The molecule has 0 aliphatic heterocycles. The normalized spacial score (nSPS) is 10.8. The highest BCUT2D eigenvalue weighted by molar-refractivity contribution is 9.10. The van der Waals surface area contributed by atoms with Gasteiger partial charge in [0.2, 0.25) is 0 Å². The van der Waals surface area contributed by atoms with Gasteiger partial charge in [0.05, 0.1) is 5.52 Å². The number of halogens is 1. The van der Waals surface area contributed by atoms with Crippen LogP contribution in [-0.4, -0.2) is 14.5 Å². The first-order valence-electron chi connectivity index (χ1n) is 3.51. The molecular weight excluding hydrogens is 220 g/mol. The summed E-state index contributed by atoms with van der Waals surface area (Å²) in [5.74, 6) is 1.15. The first-order chi connectivity index (χ1) is 5.68. The quantitative estimate of drug-likeness (QED) is 0.748. The molecular formula is C8H7BrN2O. The van der Waals surface area contributed by atoms with E-state index in [1.165, 1.54) is 0 Å².